The summed E-state index contributed by atoms with van der Waals surface area (Å²) in [5, 5.41) is 48.2. The van der Waals surface area contributed by atoms with E-state index < -0.39 is 42.9 Å². The predicted octanol–water partition coefficient (Wildman–Crippen LogP) is 5.34. The molecule has 22 nitrogen and oxygen atoms in total. The minimum Gasteiger partial charge on any atom is -0.503 e. The van der Waals surface area contributed by atoms with Crippen LogP contribution in [0.4, 0.5) is 28.4 Å². The highest BCUT2D eigenvalue weighted by Gasteiger charge is 2.26. The van der Waals surface area contributed by atoms with Gasteiger partial charge < -0.3 is 29.2 Å². The monoisotopic (exact) mass is 952 g/mol. The van der Waals surface area contributed by atoms with Crippen molar-refractivity contribution in [2.45, 2.75) is 49.6 Å². The van der Waals surface area contributed by atoms with Gasteiger partial charge in [-0.15, -0.1) is 10.2 Å². The molecule has 0 saturated carbocycles. The van der Waals surface area contributed by atoms with E-state index in [2.05, 4.69) is 25.3 Å². The predicted molar refractivity (Wildman–Crippen MR) is 241 cm³/mol. The second kappa shape index (κ2) is 24.3. The van der Waals surface area contributed by atoms with Crippen molar-refractivity contribution in [2.75, 3.05) is 81.0 Å². The van der Waals surface area contributed by atoms with Gasteiger partial charge in [-0.05, 0) is 80.8 Å². The average molecular weight is 953 g/mol. The van der Waals surface area contributed by atoms with Gasteiger partial charge in [-0.2, -0.15) is 24.1 Å². The Kier molecular flexibility index (Phi) is 19.3. The van der Waals surface area contributed by atoms with Gasteiger partial charge in [0.2, 0.25) is 31.6 Å². The zero-order valence-corrected chi connectivity index (χ0v) is 39.0. The summed E-state index contributed by atoms with van der Waals surface area (Å²) in [6.07, 6.45) is 0.238. The minimum absolute atomic E-state index is 0.0172. The molecule has 2 aromatic heterocycles. The maximum atomic E-state index is 13.7. The molecule has 0 saturated heterocycles. The number of nitriles is 1. The van der Waals surface area contributed by atoms with Gasteiger partial charge in [0, 0.05) is 73.3 Å². The molecule has 0 unspecified atom stereocenters. The molecule has 0 atom stereocenters. The van der Waals surface area contributed by atoms with Gasteiger partial charge in [-0.3, -0.25) is 18.7 Å². The number of aromatic nitrogens is 2. The van der Waals surface area contributed by atoms with E-state index >= 15 is 0 Å². The molecule has 66 heavy (non-hydrogen) atoms. The summed E-state index contributed by atoms with van der Waals surface area (Å²) in [7, 11) is -2.00. The molecular weight excluding hydrogens is 901 g/mol. The Hall–Kier alpha value is -6.22. The Balaban J connectivity index is 1.54. The molecule has 24 heteroatoms. The average Bonchev–Trinajstić information content (AvgIpc) is 3.30. The van der Waals surface area contributed by atoms with Gasteiger partial charge in [-0.1, -0.05) is 0 Å². The third kappa shape index (κ3) is 12.4. The van der Waals surface area contributed by atoms with Crippen molar-refractivity contribution in [1.82, 2.24) is 17.7 Å². The van der Waals surface area contributed by atoms with E-state index in [9.17, 15) is 41.9 Å². The van der Waals surface area contributed by atoms with Crippen LogP contribution < -0.4 is 11.1 Å². The fraction of sp³-hybridized carbons (Fsp3) is 0.429. The molecule has 0 aliphatic heterocycles. The normalized spacial score (nSPS) is 12.2. The summed E-state index contributed by atoms with van der Waals surface area (Å²) in [4.78, 5) is 30.7. The molecular formula is C42H52N10O12S2. The lowest BCUT2D eigenvalue weighted by Crippen LogP contribution is -2.36. The zero-order chi connectivity index (χ0) is 48.6. The third-order valence-electron chi connectivity index (χ3n) is 10.2. The van der Waals surface area contributed by atoms with Crippen LogP contribution >= 0.6 is 0 Å². The molecule has 4 aromatic rings. The molecule has 354 valence electrons. The maximum Gasteiger partial charge on any atom is 0.281 e. The van der Waals surface area contributed by atoms with E-state index in [-0.39, 0.29) is 133 Å². The molecule has 0 amide bonds. The summed E-state index contributed by atoms with van der Waals surface area (Å²) in [6, 6.07) is 12.8. The number of benzene rings is 2. The highest BCUT2D eigenvalue weighted by Crippen LogP contribution is 2.35. The largest absolute Gasteiger partial charge is 0.503 e. The van der Waals surface area contributed by atoms with Crippen molar-refractivity contribution in [3.8, 4) is 17.8 Å². The van der Waals surface area contributed by atoms with E-state index in [1.165, 1.54) is 99.4 Å². The molecule has 0 aliphatic rings. The number of aromatic hydroxyl groups is 2. The molecule has 0 radical (unpaired) electrons. The molecule has 0 aliphatic carbocycles. The first-order chi connectivity index (χ1) is 31.5. The Morgan fingerprint density at radius 3 is 1.35 bits per heavy atom. The molecule has 2 N–H and O–H groups in total. The highest BCUT2D eigenvalue weighted by atomic mass is 32.2. The topological polar surface area (TPSA) is 274 Å². The van der Waals surface area contributed by atoms with E-state index in [1.807, 2.05) is 6.07 Å². The molecule has 0 spiro atoms. The van der Waals surface area contributed by atoms with Gasteiger partial charge in [-0.25, -0.2) is 21.7 Å². The Bertz CT molecular complexity index is 2610. The number of rotatable bonds is 25. The number of azo groups is 2. The standard InChI is InChI=1S/C42H52N10O12S2/c1-29-35(28-43)39(53)51(41(55)37(29)47-45-31-10-14-33(15-11-31)65(57,58)49(20-24-61-4)21-25-62-5)18-8-9-19-52-40(54)36(44-3)30(2)38(42(52)56)48-46-32-12-16-34(17-13-32)66(59,60)50(22-26-63-6)23-27-64-7/h10-17,53-54H,8-9,18-27H2,1-2,4-7H3. The first kappa shape index (κ1) is 52.4. The second-order valence-electron chi connectivity index (χ2n) is 14.3. The number of unbranched alkanes of at least 4 members (excludes halogenated alkanes) is 1. The van der Waals surface area contributed by atoms with Crippen LogP contribution in [0.2, 0.25) is 0 Å². The summed E-state index contributed by atoms with van der Waals surface area (Å²) >= 11 is 0. The van der Waals surface area contributed by atoms with Crippen LogP contribution in [0.1, 0.15) is 29.5 Å². The number of methoxy groups -OCH3 is 4. The van der Waals surface area contributed by atoms with Gasteiger partial charge >= 0.3 is 0 Å². The minimum atomic E-state index is -3.92. The lowest BCUT2D eigenvalue weighted by molar-refractivity contribution is 0.150. The first-order valence-electron chi connectivity index (χ1n) is 20.2. The highest BCUT2D eigenvalue weighted by molar-refractivity contribution is 7.89. The number of nitrogens with zero attached hydrogens (tertiary/aromatic N) is 10. The van der Waals surface area contributed by atoms with Crippen molar-refractivity contribution < 1.29 is 46.0 Å². The Morgan fingerprint density at radius 1 is 0.636 bits per heavy atom. The van der Waals surface area contributed by atoms with Crippen molar-refractivity contribution in [2.24, 2.45) is 20.5 Å². The first-order valence-corrected chi connectivity index (χ1v) is 23.1. The van der Waals surface area contributed by atoms with Crippen LogP contribution in [0.3, 0.4) is 0 Å². The molecule has 0 fully saturated rings. The van der Waals surface area contributed by atoms with Crippen molar-refractivity contribution in [3.05, 3.63) is 97.3 Å². The molecule has 0 bridgehead atoms. The quantitative estimate of drug-likeness (QED) is 0.0483. The smallest absolute Gasteiger partial charge is 0.281 e. The van der Waals surface area contributed by atoms with Crippen LogP contribution in [0, 0.1) is 31.8 Å². The van der Waals surface area contributed by atoms with E-state index in [0.717, 1.165) is 9.13 Å². The fourth-order valence-corrected chi connectivity index (χ4v) is 9.23. The summed E-state index contributed by atoms with van der Waals surface area (Å²) < 4.78 is 77.7. The van der Waals surface area contributed by atoms with Gasteiger partial charge in [0.15, 0.2) is 11.6 Å². The van der Waals surface area contributed by atoms with Crippen LogP contribution in [0.25, 0.3) is 4.85 Å². The van der Waals surface area contributed by atoms with E-state index in [4.69, 9.17) is 25.5 Å². The molecule has 2 heterocycles. The Morgan fingerprint density at radius 2 is 1.00 bits per heavy atom. The number of sulfonamides is 2. The van der Waals surface area contributed by atoms with Crippen LogP contribution in [0.5, 0.6) is 11.8 Å². The van der Waals surface area contributed by atoms with E-state index in [1.54, 1.807) is 0 Å². The molecule has 4 rings (SSSR count). The number of ether oxygens (including phenoxy) is 4. The lowest BCUT2D eigenvalue weighted by atomic mass is 10.1. The third-order valence-corrected chi connectivity index (χ3v) is 14.0. The zero-order valence-electron chi connectivity index (χ0n) is 37.4. The van der Waals surface area contributed by atoms with Gasteiger partial charge in [0.25, 0.3) is 11.1 Å². The van der Waals surface area contributed by atoms with Gasteiger partial charge in [0.05, 0.1) is 54.2 Å². The summed E-state index contributed by atoms with van der Waals surface area (Å²) in [6.45, 7) is 11.3. The number of pyridine rings is 2. The summed E-state index contributed by atoms with van der Waals surface area (Å²) in [5.41, 5.74) is -2.05. The van der Waals surface area contributed by atoms with Crippen molar-refractivity contribution in [1.29, 1.82) is 5.26 Å². The maximum absolute atomic E-state index is 13.7. The Labute approximate surface area is 382 Å². The van der Waals surface area contributed by atoms with E-state index in [0.29, 0.717) is 0 Å². The summed E-state index contributed by atoms with van der Waals surface area (Å²) in [5.74, 6) is -1.23. The molecule has 2 aromatic carbocycles. The number of hydrogen-bond acceptors (Lipinski definition) is 17. The SMILES string of the molecule is [C-]#[N+]c1c(C)c(N=Nc2ccc(S(=O)(=O)N(CCOC)CCOC)cc2)c(=O)n(CCCCn2c(O)c(C#N)c(C)c(N=Nc3ccc(S(=O)(=O)N(CCOC)CCOC)cc3)c2=O)c1O. The van der Waals surface area contributed by atoms with Crippen molar-refractivity contribution >= 4 is 48.5 Å². The van der Waals surface area contributed by atoms with Crippen LogP contribution in [0.15, 0.2) is 88.4 Å². The number of hydrogen-bond donors (Lipinski definition) is 2. The van der Waals surface area contributed by atoms with Crippen LogP contribution in [-0.2, 0) is 52.1 Å². The lowest BCUT2D eigenvalue weighted by Gasteiger charge is -2.21. The van der Waals surface area contributed by atoms with Gasteiger partial charge in [0.1, 0.15) is 17.3 Å². The fourth-order valence-electron chi connectivity index (χ4n) is 6.42. The second-order valence-corrected chi connectivity index (χ2v) is 18.2. The van der Waals surface area contributed by atoms with Crippen molar-refractivity contribution in [3.63, 3.8) is 0 Å². The van der Waals surface area contributed by atoms with Crippen LogP contribution in [-0.4, -0.2) is 126 Å².